The lowest BCUT2D eigenvalue weighted by Crippen LogP contribution is -1.96. The molecule has 0 fully saturated rings. The van der Waals surface area contributed by atoms with E-state index in [1.54, 1.807) is 12.1 Å². The van der Waals surface area contributed by atoms with Crippen molar-refractivity contribution in [3.8, 4) is 11.1 Å². The second-order valence-electron chi connectivity index (χ2n) is 9.05. The fraction of sp³-hybridized carbons (Fsp3) is 0. The third-order valence-corrected chi connectivity index (χ3v) is 7.44. The van der Waals surface area contributed by atoms with Gasteiger partial charge in [-0.2, -0.15) is 0 Å². The van der Waals surface area contributed by atoms with Crippen molar-refractivity contribution in [2.45, 2.75) is 0 Å². The zero-order valence-corrected chi connectivity index (χ0v) is 17.5. The lowest BCUT2D eigenvalue weighted by molar-refractivity contribution is 0.0697. The summed E-state index contributed by atoms with van der Waals surface area (Å²) in [5.74, 6) is -0.903. The van der Waals surface area contributed by atoms with Gasteiger partial charge in [0.1, 0.15) is 0 Å². The van der Waals surface area contributed by atoms with Crippen molar-refractivity contribution in [1.82, 2.24) is 0 Å². The highest BCUT2D eigenvalue weighted by Crippen LogP contribution is 2.50. The summed E-state index contributed by atoms with van der Waals surface area (Å²) in [5, 5.41) is 24.9. The first-order chi connectivity index (χ1) is 16.2. The molecule has 0 heterocycles. The first-order valence-electron chi connectivity index (χ1n) is 11.1. The van der Waals surface area contributed by atoms with Gasteiger partial charge in [0.05, 0.1) is 5.56 Å². The lowest BCUT2D eigenvalue weighted by atomic mass is 9.81. The summed E-state index contributed by atoms with van der Waals surface area (Å²) in [4.78, 5) is 11.4. The van der Waals surface area contributed by atoms with Crippen LogP contribution >= 0.6 is 0 Å². The van der Waals surface area contributed by atoms with Gasteiger partial charge in [-0.25, -0.2) is 4.79 Å². The van der Waals surface area contributed by atoms with Crippen LogP contribution in [-0.4, -0.2) is 11.1 Å². The van der Waals surface area contributed by atoms with Crippen LogP contribution in [0.1, 0.15) is 10.4 Å². The van der Waals surface area contributed by atoms with E-state index >= 15 is 0 Å². The van der Waals surface area contributed by atoms with E-state index in [2.05, 4.69) is 66.7 Å². The Morgan fingerprint density at radius 1 is 0.485 bits per heavy atom. The van der Waals surface area contributed by atoms with E-state index in [9.17, 15) is 9.90 Å². The molecule has 8 aromatic rings. The molecule has 8 aromatic carbocycles. The largest absolute Gasteiger partial charge is 0.478 e. The SMILES string of the molecule is O=C(O)c1ccc(-c2cc3ccc4ccc5ccc6ccc7ccc2c2c7c6c5c4c32)cc1. The van der Waals surface area contributed by atoms with Crippen molar-refractivity contribution < 1.29 is 9.90 Å². The van der Waals surface area contributed by atoms with Gasteiger partial charge in [0.25, 0.3) is 0 Å². The van der Waals surface area contributed by atoms with Gasteiger partial charge in [-0.15, -0.1) is 0 Å². The van der Waals surface area contributed by atoms with Gasteiger partial charge in [0, 0.05) is 0 Å². The minimum atomic E-state index is -0.903. The smallest absolute Gasteiger partial charge is 0.335 e. The van der Waals surface area contributed by atoms with E-state index in [0.29, 0.717) is 5.56 Å². The molecule has 152 valence electrons. The van der Waals surface area contributed by atoms with E-state index in [0.717, 1.165) is 11.1 Å². The number of benzene rings is 8. The predicted molar refractivity (Wildman–Crippen MR) is 137 cm³/mol. The lowest BCUT2D eigenvalue weighted by Gasteiger charge is -2.22. The molecule has 2 nitrogen and oxygen atoms in total. The summed E-state index contributed by atoms with van der Waals surface area (Å²) in [7, 11) is 0. The minimum absolute atomic E-state index is 0.305. The van der Waals surface area contributed by atoms with Gasteiger partial charge in [-0.05, 0) is 94.0 Å². The van der Waals surface area contributed by atoms with Crippen LogP contribution in [0.15, 0.2) is 91.0 Å². The number of hydrogen-bond acceptors (Lipinski definition) is 1. The Bertz CT molecular complexity index is 1970. The van der Waals surface area contributed by atoms with Gasteiger partial charge in [-0.1, -0.05) is 72.8 Å². The highest BCUT2D eigenvalue weighted by molar-refractivity contribution is 6.45. The van der Waals surface area contributed by atoms with Crippen LogP contribution in [0.4, 0.5) is 0 Å². The van der Waals surface area contributed by atoms with Crippen LogP contribution in [0.3, 0.4) is 0 Å². The maximum Gasteiger partial charge on any atom is 0.335 e. The van der Waals surface area contributed by atoms with Crippen molar-refractivity contribution in [2.75, 3.05) is 0 Å². The van der Waals surface area contributed by atoms with Crippen LogP contribution < -0.4 is 0 Å². The number of aromatic carboxylic acids is 1. The van der Waals surface area contributed by atoms with Crippen LogP contribution in [0.2, 0.25) is 0 Å². The molecule has 1 N–H and O–H groups in total. The maximum atomic E-state index is 11.4. The highest BCUT2D eigenvalue weighted by atomic mass is 16.4. The molecular weight excluding hydrogens is 404 g/mol. The Balaban J connectivity index is 1.66. The molecule has 0 saturated heterocycles. The molecule has 0 saturated carbocycles. The molecule has 0 bridgehead atoms. The highest BCUT2D eigenvalue weighted by Gasteiger charge is 2.21. The Morgan fingerprint density at radius 2 is 0.909 bits per heavy atom. The van der Waals surface area contributed by atoms with Gasteiger partial charge >= 0.3 is 5.97 Å². The molecular formula is C31H16O2. The summed E-state index contributed by atoms with van der Waals surface area (Å²) >= 11 is 0. The topological polar surface area (TPSA) is 37.3 Å². The molecule has 8 rings (SSSR count). The summed E-state index contributed by atoms with van der Waals surface area (Å²) in [6.45, 7) is 0. The Labute approximate surface area is 188 Å². The molecule has 0 amide bonds. The molecule has 33 heavy (non-hydrogen) atoms. The number of carboxylic acids is 1. The van der Waals surface area contributed by atoms with E-state index in [-0.39, 0.29) is 0 Å². The molecule has 0 aliphatic rings. The fourth-order valence-corrected chi connectivity index (χ4v) is 6.02. The predicted octanol–water partition coefficient (Wildman–Crippen LogP) is 8.28. The average Bonchev–Trinajstić information content (AvgIpc) is 2.86. The first-order valence-corrected chi connectivity index (χ1v) is 11.1. The maximum absolute atomic E-state index is 11.4. The number of carboxylic acid groups (broad SMARTS) is 1. The standard InChI is InChI=1S/C31H16O2/c32-31(33)21-10-1-16(2-11-21)24-15-22-12-9-19-6-4-17-3-5-18-7-8-20-13-14-23(24)30-28(20)26(18)25(17)27(19)29(22)30/h1-15H,(H,32,33). The molecule has 0 radical (unpaired) electrons. The molecule has 0 unspecified atom stereocenters. The fourth-order valence-electron chi connectivity index (χ4n) is 6.02. The van der Waals surface area contributed by atoms with Gasteiger partial charge in [-0.3, -0.25) is 0 Å². The summed E-state index contributed by atoms with van der Waals surface area (Å²) in [5.41, 5.74) is 2.48. The van der Waals surface area contributed by atoms with E-state index in [1.807, 2.05) is 12.1 Å². The third-order valence-electron chi connectivity index (χ3n) is 7.44. The quantitative estimate of drug-likeness (QED) is 0.226. The molecule has 0 atom stereocenters. The second-order valence-corrected chi connectivity index (χ2v) is 9.05. The van der Waals surface area contributed by atoms with Crippen LogP contribution in [0.25, 0.3) is 75.8 Å². The van der Waals surface area contributed by atoms with Crippen molar-refractivity contribution in [3.63, 3.8) is 0 Å². The van der Waals surface area contributed by atoms with Crippen molar-refractivity contribution in [3.05, 3.63) is 96.6 Å². The molecule has 2 heteroatoms. The summed E-state index contributed by atoms with van der Waals surface area (Å²) < 4.78 is 0. The molecule has 0 aliphatic heterocycles. The van der Waals surface area contributed by atoms with E-state index < -0.39 is 5.97 Å². The van der Waals surface area contributed by atoms with Crippen LogP contribution in [0.5, 0.6) is 0 Å². The Kier molecular flexibility index (Phi) is 2.95. The van der Waals surface area contributed by atoms with Gasteiger partial charge in [0.15, 0.2) is 0 Å². The zero-order chi connectivity index (χ0) is 21.8. The summed E-state index contributed by atoms with van der Waals surface area (Å²) in [6, 6.07) is 31.8. The molecule has 0 aromatic heterocycles. The number of rotatable bonds is 2. The van der Waals surface area contributed by atoms with Gasteiger partial charge < -0.3 is 5.11 Å². The number of hydrogen-bond donors (Lipinski definition) is 1. The van der Waals surface area contributed by atoms with Crippen molar-refractivity contribution in [1.29, 1.82) is 0 Å². The van der Waals surface area contributed by atoms with Crippen LogP contribution in [0, 0.1) is 0 Å². The Hall–Kier alpha value is -4.43. The molecule has 0 aliphatic carbocycles. The normalized spacial score (nSPS) is 12.5. The Morgan fingerprint density at radius 3 is 1.42 bits per heavy atom. The number of carbonyl (C=O) groups is 1. The summed E-state index contributed by atoms with van der Waals surface area (Å²) in [6.07, 6.45) is 0. The molecule has 0 spiro atoms. The monoisotopic (exact) mass is 420 g/mol. The zero-order valence-electron chi connectivity index (χ0n) is 17.5. The first kappa shape index (κ1) is 17.2. The second kappa shape index (κ2) is 5.67. The minimum Gasteiger partial charge on any atom is -0.478 e. The van der Waals surface area contributed by atoms with Crippen LogP contribution in [-0.2, 0) is 0 Å². The average molecular weight is 420 g/mol. The van der Waals surface area contributed by atoms with Gasteiger partial charge in [0.2, 0.25) is 0 Å². The van der Waals surface area contributed by atoms with E-state index in [1.165, 1.54) is 64.6 Å². The third kappa shape index (κ3) is 2.02. The van der Waals surface area contributed by atoms with Crippen molar-refractivity contribution >= 4 is 70.6 Å². The van der Waals surface area contributed by atoms with Crippen molar-refractivity contribution in [2.24, 2.45) is 0 Å². The van der Waals surface area contributed by atoms with E-state index in [4.69, 9.17) is 0 Å².